The number of aromatic nitrogens is 1. The molecule has 1 saturated heterocycles. The minimum absolute atomic E-state index is 0.229. The van der Waals surface area contributed by atoms with Crippen LogP contribution in [0.2, 0.25) is 0 Å². The van der Waals surface area contributed by atoms with E-state index in [2.05, 4.69) is 22.9 Å². The van der Waals surface area contributed by atoms with Gasteiger partial charge in [0, 0.05) is 19.1 Å². The summed E-state index contributed by atoms with van der Waals surface area (Å²) in [5, 5.41) is 8.91. The third-order valence-corrected chi connectivity index (χ3v) is 3.72. The molecule has 96 valence electrons. The van der Waals surface area contributed by atoms with Crippen molar-refractivity contribution in [2.24, 2.45) is 11.7 Å². The van der Waals surface area contributed by atoms with E-state index in [1.165, 1.54) is 6.42 Å². The monoisotopic (exact) mass is 244 g/mol. The van der Waals surface area contributed by atoms with Crippen LogP contribution in [0.4, 0.5) is 5.82 Å². The summed E-state index contributed by atoms with van der Waals surface area (Å²) < 4.78 is 0. The fourth-order valence-electron chi connectivity index (χ4n) is 2.49. The number of rotatable bonds is 2. The summed E-state index contributed by atoms with van der Waals surface area (Å²) in [5.74, 6) is 1.51. The average molecular weight is 244 g/mol. The number of nitriles is 1. The third-order valence-electron chi connectivity index (χ3n) is 3.72. The van der Waals surface area contributed by atoms with Gasteiger partial charge in [-0.2, -0.15) is 5.26 Å². The van der Waals surface area contributed by atoms with Crippen LogP contribution in [0.1, 0.15) is 31.0 Å². The van der Waals surface area contributed by atoms with Gasteiger partial charge in [-0.1, -0.05) is 0 Å². The number of aryl methyl sites for hydroxylation is 1. The lowest BCUT2D eigenvalue weighted by atomic mass is 9.92. The van der Waals surface area contributed by atoms with Crippen molar-refractivity contribution in [3.8, 4) is 6.07 Å². The molecular weight excluding hydrogens is 224 g/mol. The molecule has 4 heteroatoms. The van der Waals surface area contributed by atoms with Crippen molar-refractivity contribution in [2.45, 2.75) is 32.7 Å². The van der Waals surface area contributed by atoms with Crippen molar-refractivity contribution in [3.05, 3.63) is 23.4 Å². The number of piperidine rings is 1. The molecule has 4 nitrogen and oxygen atoms in total. The maximum absolute atomic E-state index is 8.91. The number of hydrogen-bond donors (Lipinski definition) is 1. The van der Waals surface area contributed by atoms with Crippen molar-refractivity contribution in [1.29, 1.82) is 5.26 Å². The Morgan fingerprint density at radius 2 is 2.33 bits per heavy atom. The van der Waals surface area contributed by atoms with E-state index in [-0.39, 0.29) is 6.04 Å². The van der Waals surface area contributed by atoms with Gasteiger partial charge in [0.15, 0.2) is 0 Å². The van der Waals surface area contributed by atoms with E-state index in [1.54, 1.807) is 0 Å². The van der Waals surface area contributed by atoms with Gasteiger partial charge in [0.25, 0.3) is 0 Å². The Morgan fingerprint density at radius 1 is 1.56 bits per heavy atom. The Bertz CT molecular complexity index is 461. The molecule has 0 spiro atoms. The smallest absolute Gasteiger partial charge is 0.128 e. The van der Waals surface area contributed by atoms with E-state index in [1.807, 2.05) is 19.1 Å². The molecular formula is C14H20N4. The van der Waals surface area contributed by atoms with Crippen LogP contribution in [0.5, 0.6) is 0 Å². The second kappa shape index (κ2) is 5.36. The maximum Gasteiger partial charge on any atom is 0.128 e. The number of anilines is 1. The Kier molecular flexibility index (Phi) is 3.83. The Hall–Kier alpha value is -1.60. The van der Waals surface area contributed by atoms with Crippen molar-refractivity contribution >= 4 is 5.82 Å². The summed E-state index contributed by atoms with van der Waals surface area (Å²) in [6.07, 6.45) is 2.36. The lowest BCUT2D eigenvalue weighted by Crippen LogP contribution is -2.42. The van der Waals surface area contributed by atoms with Crippen LogP contribution in [-0.4, -0.2) is 24.1 Å². The largest absolute Gasteiger partial charge is 0.356 e. The minimum atomic E-state index is 0.229. The summed E-state index contributed by atoms with van der Waals surface area (Å²) in [5.41, 5.74) is 7.45. The van der Waals surface area contributed by atoms with E-state index in [0.29, 0.717) is 11.5 Å². The Morgan fingerprint density at radius 3 is 2.94 bits per heavy atom. The van der Waals surface area contributed by atoms with Crippen molar-refractivity contribution in [3.63, 3.8) is 0 Å². The van der Waals surface area contributed by atoms with Crippen LogP contribution in [0.15, 0.2) is 12.1 Å². The van der Waals surface area contributed by atoms with Gasteiger partial charge in [0.1, 0.15) is 11.9 Å². The summed E-state index contributed by atoms with van der Waals surface area (Å²) in [4.78, 5) is 6.81. The first-order valence-electron chi connectivity index (χ1n) is 6.50. The molecule has 18 heavy (non-hydrogen) atoms. The molecule has 0 amide bonds. The molecule has 2 rings (SSSR count). The lowest BCUT2D eigenvalue weighted by molar-refractivity contribution is 0.363. The molecule has 0 aliphatic carbocycles. The van der Waals surface area contributed by atoms with Crippen molar-refractivity contribution in [1.82, 2.24) is 4.98 Å². The number of hydrogen-bond acceptors (Lipinski definition) is 4. The molecule has 2 unspecified atom stereocenters. The standard InChI is InChI=1S/C14H20N4/c1-10(16)13-4-3-7-18(9-13)14-6-5-12(8-15)11(2)17-14/h5-6,10,13H,3-4,7,9,16H2,1-2H3. The molecule has 2 N–H and O–H groups in total. The van der Waals surface area contributed by atoms with Gasteiger partial charge in [-0.3, -0.25) is 0 Å². The van der Waals surface area contributed by atoms with Crippen LogP contribution in [0.3, 0.4) is 0 Å². The molecule has 0 bridgehead atoms. The van der Waals surface area contributed by atoms with E-state index in [9.17, 15) is 0 Å². The highest BCUT2D eigenvalue weighted by Gasteiger charge is 2.23. The normalized spacial score (nSPS) is 21.4. The first-order chi connectivity index (χ1) is 8.61. The molecule has 1 fully saturated rings. The molecule has 1 aromatic rings. The second-order valence-corrected chi connectivity index (χ2v) is 5.12. The first-order valence-corrected chi connectivity index (χ1v) is 6.50. The van der Waals surface area contributed by atoms with Gasteiger partial charge in [0.2, 0.25) is 0 Å². The fraction of sp³-hybridized carbons (Fsp3) is 0.571. The van der Waals surface area contributed by atoms with E-state index >= 15 is 0 Å². The zero-order valence-corrected chi connectivity index (χ0v) is 11.1. The van der Waals surface area contributed by atoms with Gasteiger partial charge in [0.05, 0.1) is 11.3 Å². The fourth-order valence-corrected chi connectivity index (χ4v) is 2.49. The van der Waals surface area contributed by atoms with Gasteiger partial charge in [-0.15, -0.1) is 0 Å². The lowest BCUT2D eigenvalue weighted by Gasteiger charge is -2.35. The zero-order chi connectivity index (χ0) is 13.1. The first kappa shape index (κ1) is 12.8. The SMILES string of the molecule is Cc1nc(N2CCCC(C(C)N)C2)ccc1C#N. The molecule has 1 aliphatic heterocycles. The molecule has 2 atom stereocenters. The maximum atomic E-state index is 8.91. The van der Waals surface area contributed by atoms with Gasteiger partial charge < -0.3 is 10.6 Å². The van der Waals surface area contributed by atoms with Crippen molar-refractivity contribution in [2.75, 3.05) is 18.0 Å². The van der Waals surface area contributed by atoms with Crippen LogP contribution in [0.25, 0.3) is 0 Å². The summed E-state index contributed by atoms with van der Waals surface area (Å²) in [6, 6.07) is 6.17. The summed E-state index contributed by atoms with van der Waals surface area (Å²) >= 11 is 0. The second-order valence-electron chi connectivity index (χ2n) is 5.12. The topological polar surface area (TPSA) is 65.9 Å². The van der Waals surface area contributed by atoms with E-state index in [4.69, 9.17) is 11.0 Å². The highest BCUT2D eigenvalue weighted by molar-refractivity contribution is 5.45. The van der Waals surface area contributed by atoms with Crippen LogP contribution in [-0.2, 0) is 0 Å². The van der Waals surface area contributed by atoms with Crippen molar-refractivity contribution < 1.29 is 0 Å². The Labute approximate surface area is 108 Å². The van der Waals surface area contributed by atoms with Gasteiger partial charge in [-0.25, -0.2) is 4.98 Å². The number of pyridine rings is 1. The van der Waals surface area contributed by atoms with Crippen LogP contribution in [0, 0.1) is 24.2 Å². The molecule has 0 radical (unpaired) electrons. The predicted octanol–water partition coefficient (Wildman–Crippen LogP) is 1.83. The molecule has 1 aliphatic rings. The number of nitrogens with zero attached hydrogens (tertiary/aromatic N) is 3. The highest BCUT2D eigenvalue weighted by atomic mass is 15.2. The molecule has 0 aromatic carbocycles. The van der Waals surface area contributed by atoms with Gasteiger partial charge >= 0.3 is 0 Å². The van der Waals surface area contributed by atoms with E-state index < -0.39 is 0 Å². The third kappa shape index (κ3) is 2.62. The van der Waals surface area contributed by atoms with Gasteiger partial charge in [-0.05, 0) is 44.7 Å². The molecule has 2 heterocycles. The van der Waals surface area contributed by atoms with Crippen LogP contribution < -0.4 is 10.6 Å². The summed E-state index contributed by atoms with van der Waals surface area (Å²) in [7, 11) is 0. The van der Waals surface area contributed by atoms with E-state index in [0.717, 1.165) is 31.0 Å². The minimum Gasteiger partial charge on any atom is -0.356 e. The predicted molar refractivity (Wildman–Crippen MR) is 72.3 cm³/mol. The Balaban J connectivity index is 2.16. The average Bonchev–Trinajstić information content (AvgIpc) is 2.38. The zero-order valence-electron chi connectivity index (χ0n) is 11.1. The molecule has 1 aromatic heterocycles. The number of nitrogens with two attached hydrogens (primary N) is 1. The summed E-state index contributed by atoms with van der Waals surface area (Å²) in [6.45, 7) is 5.96. The van der Waals surface area contributed by atoms with Crippen LogP contribution >= 0.6 is 0 Å². The highest BCUT2D eigenvalue weighted by Crippen LogP contribution is 2.23. The quantitative estimate of drug-likeness (QED) is 0.862. The molecule has 0 saturated carbocycles.